The number of hydrogen-bond donors (Lipinski definition) is 1. The quantitative estimate of drug-likeness (QED) is 0.691. The van der Waals surface area contributed by atoms with E-state index in [9.17, 15) is 4.79 Å². The van der Waals surface area contributed by atoms with Crippen molar-refractivity contribution in [3.05, 3.63) is 58.6 Å². The Morgan fingerprint density at radius 3 is 2.56 bits per heavy atom. The van der Waals surface area contributed by atoms with E-state index in [4.69, 9.17) is 17.3 Å². The number of nitrogens with zero attached hydrogens (tertiary/aromatic N) is 3. The molecule has 128 valence electrons. The van der Waals surface area contributed by atoms with Gasteiger partial charge in [-0.2, -0.15) is 0 Å². The number of thioether (sulfide) groups is 1. The molecule has 0 aliphatic rings. The fourth-order valence-corrected chi connectivity index (χ4v) is 3.29. The molecule has 0 aliphatic carbocycles. The molecule has 2 aromatic carbocycles. The minimum atomic E-state index is -0.395. The first-order chi connectivity index (χ1) is 12.0. The summed E-state index contributed by atoms with van der Waals surface area (Å²) in [6, 6.07) is 13.5. The number of carbonyl (C=O) groups is 1. The monoisotopic (exact) mass is 372 g/mol. The second-order valence-electron chi connectivity index (χ2n) is 5.62. The van der Waals surface area contributed by atoms with Gasteiger partial charge in [-0.3, -0.25) is 9.36 Å². The van der Waals surface area contributed by atoms with E-state index >= 15 is 0 Å². The largest absolute Gasteiger partial charge is 0.369 e. The standard InChI is InChI=1S/C18H17ClN4OS/c1-11-4-3-5-15(12(11)2)23-17(13-6-8-14(19)9-7-13)21-22-18(23)25-10-16(20)24/h3-9H,10H2,1-2H3,(H2,20,24). The van der Waals surface area contributed by atoms with Crippen LogP contribution in [0.1, 0.15) is 11.1 Å². The number of amides is 1. The Kier molecular flexibility index (Phi) is 5.11. The van der Waals surface area contributed by atoms with Gasteiger partial charge in [0, 0.05) is 10.6 Å². The van der Waals surface area contributed by atoms with Gasteiger partial charge in [-0.05, 0) is 55.3 Å². The number of halogens is 1. The number of carbonyl (C=O) groups excluding carboxylic acids is 1. The molecule has 0 saturated carbocycles. The van der Waals surface area contributed by atoms with Gasteiger partial charge in [-0.15, -0.1) is 10.2 Å². The zero-order valence-corrected chi connectivity index (χ0v) is 15.4. The maximum Gasteiger partial charge on any atom is 0.227 e. The minimum absolute atomic E-state index is 0.142. The van der Waals surface area contributed by atoms with Gasteiger partial charge in [-0.1, -0.05) is 35.5 Å². The van der Waals surface area contributed by atoms with Gasteiger partial charge in [0.15, 0.2) is 11.0 Å². The molecule has 7 heteroatoms. The molecule has 0 fully saturated rings. The predicted octanol–water partition coefficient (Wildman–Crippen LogP) is 3.78. The van der Waals surface area contributed by atoms with Crippen molar-refractivity contribution in [2.75, 3.05) is 5.75 Å². The van der Waals surface area contributed by atoms with E-state index in [1.165, 1.54) is 17.3 Å². The fourth-order valence-electron chi connectivity index (χ4n) is 2.48. The van der Waals surface area contributed by atoms with Gasteiger partial charge in [0.1, 0.15) is 0 Å². The van der Waals surface area contributed by atoms with Crippen LogP contribution in [0.15, 0.2) is 47.6 Å². The third-order valence-corrected chi connectivity index (χ3v) is 5.10. The third kappa shape index (κ3) is 3.70. The van der Waals surface area contributed by atoms with Crippen LogP contribution in [0.3, 0.4) is 0 Å². The number of benzene rings is 2. The molecule has 0 atom stereocenters. The van der Waals surface area contributed by atoms with Gasteiger partial charge in [0.05, 0.1) is 11.4 Å². The Balaban J connectivity index is 2.17. The number of aryl methyl sites for hydroxylation is 1. The lowest BCUT2D eigenvalue weighted by Gasteiger charge is -2.14. The summed E-state index contributed by atoms with van der Waals surface area (Å²) in [6.07, 6.45) is 0. The van der Waals surface area contributed by atoms with Crippen molar-refractivity contribution < 1.29 is 4.79 Å². The highest BCUT2D eigenvalue weighted by molar-refractivity contribution is 7.99. The van der Waals surface area contributed by atoms with Crippen LogP contribution in [0.5, 0.6) is 0 Å². The first kappa shape index (κ1) is 17.5. The zero-order valence-electron chi connectivity index (χ0n) is 13.9. The summed E-state index contributed by atoms with van der Waals surface area (Å²) in [6.45, 7) is 4.11. The summed E-state index contributed by atoms with van der Waals surface area (Å²) >= 11 is 7.27. The van der Waals surface area contributed by atoms with Crippen LogP contribution in [0.4, 0.5) is 0 Å². The maximum atomic E-state index is 11.2. The minimum Gasteiger partial charge on any atom is -0.369 e. The first-order valence-corrected chi connectivity index (χ1v) is 9.03. The molecule has 5 nitrogen and oxygen atoms in total. The highest BCUT2D eigenvalue weighted by Crippen LogP contribution is 2.30. The average Bonchev–Trinajstić information content (AvgIpc) is 3.00. The van der Waals surface area contributed by atoms with E-state index in [-0.39, 0.29) is 5.75 Å². The lowest BCUT2D eigenvalue weighted by Crippen LogP contribution is -2.14. The van der Waals surface area contributed by atoms with Gasteiger partial charge in [0.2, 0.25) is 5.91 Å². The van der Waals surface area contributed by atoms with E-state index < -0.39 is 5.91 Å². The van der Waals surface area contributed by atoms with Crippen LogP contribution in [-0.2, 0) is 4.79 Å². The van der Waals surface area contributed by atoms with E-state index in [1.54, 1.807) is 0 Å². The molecule has 0 aliphatic heterocycles. The number of primary amides is 1. The molecule has 0 radical (unpaired) electrons. The average molecular weight is 373 g/mol. The lowest BCUT2D eigenvalue weighted by atomic mass is 10.1. The highest BCUT2D eigenvalue weighted by Gasteiger charge is 2.18. The van der Waals surface area contributed by atoms with Crippen LogP contribution in [0.2, 0.25) is 5.02 Å². The van der Waals surface area contributed by atoms with Crippen LogP contribution < -0.4 is 5.73 Å². The van der Waals surface area contributed by atoms with Crippen LogP contribution in [0, 0.1) is 13.8 Å². The number of rotatable bonds is 5. The second kappa shape index (κ2) is 7.29. The molecule has 3 rings (SSSR count). The van der Waals surface area contributed by atoms with E-state index in [0.29, 0.717) is 16.0 Å². The summed E-state index contributed by atoms with van der Waals surface area (Å²) in [5.74, 6) is 0.440. The molecule has 3 aromatic rings. The fraction of sp³-hybridized carbons (Fsp3) is 0.167. The van der Waals surface area contributed by atoms with Crippen molar-refractivity contribution in [1.29, 1.82) is 0 Å². The molecule has 0 spiro atoms. The molecular weight excluding hydrogens is 356 g/mol. The van der Waals surface area contributed by atoms with Gasteiger partial charge >= 0.3 is 0 Å². The Bertz CT molecular complexity index is 921. The summed E-state index contributed by atoms with van der Waals surface area (Å²) in [7, 11) is 0. The first-order valence-electron chi connectivity index (χ1n) is 7.66. The summed E-state index contributed by atoms with van der Waals surface area (Å²) < 4.78 is 1.96. The Hall–Kier alpha value is -2.31. The highest BCUT2D eigenvalue weighted by atomic mass is 35.5. The number of aromatic nitrogens is 3. The molecule has 2 N–H and O–H groups in total. The van der Waals surface area contributed by atoms with Crippen molar-refractivity contribution >= 4 is 29.3 Å². The van der Waals surface area contributed by atoms with Gasteiger partial charge in [0.25, 0.3) is 0 Å². The van der Waals surface area contributed by atoms with E-state index in [0.717, 1.165) is 16.8 Å². The molecule has 25 heavy (non-hydrogen) atoms. The Morgan fingerprint density at radius 1 is 1.16 bits per heavy atom. The molecule has 0 saturated heterocycles. The van der Waals surface area contributed by atoms with Crippen molar-refractivity contribution in [3.63, 3.8) is 0 Å². The maximum absolute atomic E-state index is 11.2. The predicted molar refractivity (Wildman–Crippen MR) is 101 cm³/mol. The zero-order chi connectivity index (χ0) is 18.0. The molecule has 0 unspecified atom stereocenters. The second-order valence-corrected chi connectivity index (χ2v) is 7.00. The van der Waals surface area contributed by atoms with Crippen LogP contribution in [-0.4, -0.2) is 26.4 Å². The topological polar surface area (TPSA) is 73.8 Å². The molecular formula is C18H17ClN4OS. The third-order valence-electron chi connectivity index (χ3n) is 3.90. The van der Waals surface area contributed by atoms with Crippen molar-refractivity contribution in [2.24, 2.45) is 5.73 Å². The van der Waals surface area contributed by atoms with Crippen molar-refractivity contribution in [3.8, 4) is 17.1 Å². The summed E-state index contributed by atoms with van der Waals surface area (Å²) in [5, 5.41) is 9.89. The molecule has 0 bridgehead atoms. The van der Waals surface area contributed by atoms with Crippen molar-refractivity contribution in [2.45, 2.75) is 19.0 Å². The number of nitrogens with two attached hydrogens (primary N) is 1. The SMILES string of the molecule is Cc1cccc(-n2c(SCC(N)=O)nnc2-c2ccc(Cl)cc2)c1C. The van der Waals surface area contributed by atoms with E-state index in [1.807, 2.05) is 41.0 Å². The van der Waals surface area contributed by atoms with Crippen LogP contribution in [0.25, 0.3) is 17.1 Å². The molecule has 1 heterocycles. The molecule has 1 amide bonds. The van der Waals surface area contributed by atoms with Crippen molar-refractivity contribution in [1.82, 2.24) is 14.8 Å². The Morgan fingerprint density at radius 2 is 1.88 bits per heavy atom. The van der Waals surface area contributed by atoms with Gasteiger partial charge < -0.3 is 5.73 Å². The smallest absolute Gasteiger partial charge is 0.227 e. The Labute approximate surface area is 155 Å². The number of hydrogen-bond acceptors (Lipinski definition) is 4. The van der Waals surface area contributed by atoms with E-state index in [2.05, 4.69) is 30.1 Å². The summed E-state index contributed by atoms with van der Waals surface area (Å²) in [4.78, 5) is 11.2. The van der Waals surface area contributed by atoms with Crippen LogP contribution >= 0.6 is 23.4 Å². The summed E-state index contributed by atoms with van der Waals surface area (Å²) in [5.41, 5.74) is 9.44. The lowest BCUT2D eigenvalue weighted by molar-refractivity contribution is -0.115. The van der Waals surface area contributed by atoms with Gasteiger partial charge in [-0.25, -0.2) is 0 Å². The normalized spacial score (nSPS) is 10.8. The molecule has 1 aromatic heterocycles.